The number of benzene rings is 2. The van der Waals surface area contributed by atoms with Gasteiger partial charge in [0.25, 0.3) is 0 Å². The van der Waals surface area contributed by atoms with E-state index in [0.29, 0.717) is 19.0 Å². The van der Waals surface area contributed by atoms with Crippen LogP contribution in [-0.4, -0.2) is 19.2 Å². The smallest absolute Gasteiger partial charge is 0.343 e. The van der Waals surface area contributed by atoms with E-state index < -0.39 is 11.8 Å². The SMILES string of the molecule is CCCCCCCCOc1ccc(OC(=O)c2ccc(OCCCCCCCC)c(F)c2)cc1. The third-order valence-corrected chi connectivity index (χ3v) is 5.72. The van der Waals surface area contributed by atoms with Crippen molar-refractivity contribution in [3.8, 4) is 17.2 Å². The first-order chi connectivity index (χ1) is 16.6. The van der Waals surface area contributed by atoms with E-state index >= 15 is 0 Å². The number of carbonyl (C=O) groups excluding carboxylic acids is 1. The molecule has 34 heavy (non-hydrogen) atoms. The maximum atomic E-state index is 14.4. The summed E-state index contributed by atoms with van der Waals surface area (Å²) in [6.07, 6.45) is 14.1. The number of rotatable bonds is 18. The van der Waals surface area contributed by atoms with Crippen LogP contribution in [0.3, 0.4) is 0 Å². The van der Waals surface area contributed by atoms with Crippen LogP contribution in [0, 0.1) is 5.82 Å². The third-order valence-electron chi connectivity index (χ3n) is 5.72. The number of hydrogen-bond donors (Lipinski definition) is 0. The zero-order chi connectivity index (χ0) is 24.4. The van der Waals surface area contributed by atoms with Gasteiger partial charge in [-0.05, 0) is 55.3 Å². The minimum absolute atomic E-state index is 0.146. The van der Waals surface area contributed by atoms with Crippen molar-refractivity contribution in [2.24, 2.45) is 0 Å². The van der Waals surface area contributed by atoms with Gasteiger partial charge in [0.1, 0.15) is 11.5 Å². The Hall–Kier alpha value is -2.56. The van der Waals surface area contributed by atoms with Gasteiger partial charge < -0.3 is 14.2 Å². The highest BCUT2D eigenvalue weighted by atomic mass is 19.1. The summed E-state index contributed by atoms with van der Waals surface area (Å²) in [5, 5.41) is 0. The summed E-state index contributed by atoms with van der Waals surface area (Å²) in [7, 11) is 0. The van der Waals surface area contributed by atoms with Crippen molar-refractivity contribution in [2.75, 3.05) is 13.2 Å². The van der Waals surface area contributed by atoms with Gasteiger partial charge in [-0.2, -0.15) is 0 Å². The lowest BCUT2D eigenvalue weighted by Crippen LogP contribution is -2.09. The summed E-state index contributed by atoms with van der Waals surface area (Å²) in [6, 6.07) is 11.1. The van der Waals surface area contributed by atoms with E-state index in [1.807, 2.05) is 0 Å². The van der Waals surface area contributed by atoms with Crippen molar-refractivity contribution in [3.63, 3.8) is 0 Å². The Labute approximate surface area is 204 Å². The van der Waals surface area contributed by atoms with Gasteiger partial charge in [0, 0.05) is 0 Å². The first-order valence-corrected chi connectivity index (χ1v) is 13.0. The van der Waals surface area contributed by atoms with E-state index in [4.69, 9.17) is 14.2 Å². The van der Waals surface area contributed by atoms with Crippen molar-refractivity contribution >= 4 is 5.97 Å². The molecule has 2 rings (SSSR count). The molecule has 0 spiro atoms. The molecule has 0 aromatic heterocycles. The van der Waals surface area contributed by atoms with E-state index in [1.165, 1.54) is 69.9 Å². The zero-order valence-corrected chi connectivity index (χ0v) is 21.0. The number of hydrogen-bond acceptors (Lipinski definition) is 4. The molecule has 0 unspecified atom stereocenters. The van der Waals surface area contributed by atoms with Crippen LogP contribution in [0.5, 0.6) is 17.2 Å². The summed E-state index contributed by atoms with van der Waals surface area (Å²) < 4.78 is 31.0. The van der Waals surface area contributed by atoms with Crippen LogP contribution in [-0.2, 0) is 0 Å². The first-order valence-electron chi connectivity index (χ1n) is 13.0. The fourth-order valence-electron chi connectivity index (χ4n) is 3.65. The molecule has 0 bridgehead atoms. The molecule has 0 amide bonds. The minimum Gasteiger partial charge on any atom is -0.494 e. The molecule has 0 heterocycles. The summed E-state index contributed by atoms with van der Waals surface area (Å²) in [6.45, 7) is 5.55. The van der Waals surface area contributed by atoms with E-state index in [0.717, 1.165) is 31.1 Å². The van der Waals surface area contributed by atoms with Crippen LogP contribution in [0.25, 0.3) is 0 Å². The molecule has 0 aliphatic heterocycles. The summed E-state index contributed by atoms with van der Waals surface area (Å²) in [4.78, 5) is 12.4. The maximum absolute atomic E-state index is 14.4. The molecule has 2 aromatic rings. The molecule has 0 radical (unpaired) electrons. The Kier molecular flexibility index (Phi) is 13.8. The molecule has 0 saturated heterocycles. The highest BCUT2D eigenvalue weighted by Crippen LogP contribution is 2.22. The molecule has 4 nitrogen and oxygen atoms in total. The second kappa shape index (κ2) is 17.0. The van der Waals surface area contributed by atoms with Crippen molar-refractivity contribution in [1.29, 1.82) is 0 Å². The van der Waals surface area contributed by atoms with Crippen LogP contribution in [0.1, 0.15) is 101 Å². The summed E-state index contributed by atoms with van der Waals surface area (Å²) in [5.41, 5.74) is 0.146. The number of unbranched alkanes of at least 4 members (excludes halogenated alkanes) is 10. The lowest BCUT2D eigenvalue weighted by Gasteiger charge is -2.10. The van der Waals surface area contributed by atoms with Gasteiger partial charge in [-0.15, -0.1) is 0 Å². The average molecular weight is 473 g/mol. The summed E-state index contributed by atoms with van der Waals surface area (Å²) in [5.74, 6) is 0.130. The quantitative estimate of drug-likeness (QED) is 0.124. The second-order valence-corrected chi connectivity index (χ2v) is 8.74. The normalized spacial score (nSPS) is 10.8. The molecule has 188 valence electrons. The molecular weight excluding hydrogens is 431 g/mol. The number of esters is 1. The molecule has 0 atom stereocenters. The molecule has 0 aliphatic rings. The lowest BCUT2D eigenvalue weighted by atomic mass is 10.1. The third kappa shape index (κ3) is 11.0. The fraction of sp³-hybridized carbons (Fsp3) is 0.552. The molecule has 2 aromatic carbocycles. The van der Waals surface area contributed by atoms with Gasteiger partial charge in [-0.25, -0.2) is 9.18 Å². The van der Waals surface area contributed by atoms with Crippen LogP contribution < -0.4 is 14.2 Å². The molecule has 0 N–H and O–H groups in total. The number of ether oxygens (including phenoxy) is 3. The predicted molar refractivity (Wildman–Crippen MR) is 136 cm³/mol. The molecule has 0 saturated carbocycles. The van der Waals surface area contributed by atoms with Gasteiger partial charge in [-0.3, -0.25) is 0 Å². The standard InChI is InChI=1S/C29H41FO4/c1-3-5-7-9-11-13-21-32-25-16-18-26(19-17-25)34-29(31)24-15-20-28(27(30)23-24)33-22-14-12-10-8-6-4-2/h15-20,23H,3-14,21-22H2,1-2H3. The molecule has 0 fully saturated rings. The van der Waals surface area contributed by atoms with Crippen LogP contribution in [0.4, 0.5) is 4.39 Å². The van der Waals surface area contributed by atoms with Crippen molar-refractivity contribution in [2.45, 2.75) is 90.9 Å². The van der Waals surface area contributed by atoms with Gasteiger partial charge in [0.15, 0.2) is 11.6 Å². The van der Waals surface area contributed by atoms with Crippen LogP contribution in [0.15, 0.2) is 42.5 Å². The Bertz CT molecular complexity index is 819. The molecule has 5 heteroatoms. The monoisotopic (exact) mass is 472 g/mol. The Morgan fingerprint density at radius 2 is 1.21 bits per heavy atom. The van der Waals surface area contributed by atoms with Gasteiger partial charge in [0.05, 0.1) is 18.8 Å². The Morgan fingerprint density at radius 1 is 0.676 bits per heavy atom. The van der Waals surface area contributed by atoms with Crippen LogP contribution >= 0.6 is 0 Å². The summed E-state index contributed by atoms with van der Waals surface area (Å²) >= 11 is 0. The Morgan fingerprint density at radius 3 is 1.79 bits per heavy atom. The highest BCUT2D eigenvalue weighted by molar-refractivity contribution is 5.91. The van der Waals surface area contributed by atoms with Gasteiger partial charge in [-0.1, -0.05) is 78.1 Å². The minimum atomic E-state index is -0.609. The van der Waals surface area contributed by atoms with E-state index in [-0.39, 0.29) is 11.3 Å². The van der Waals surface area contributed by atoms with E-state index in [1.54, 1.807) is 24.3 Å². The number of carbonyl (C=O) groups is 1. The maximum Gasteiger partial charge on any atom is 0.343 e. The topological polar surface area (TPSA) is 44.8 Å². The molecular formula is C29H41FO4. The Balaban J connectivity index is 1.71. The van der Waals surface area contributed by atoms with Gasteiger partial charge >= 0.3 is 5.97 Å². The fourth-order valence-corrected chi connectivity index (χ4v) is 3.65. The van der Waals surface area contributed by atoms with Crippen molar-refractivity contribution in [1.82, 2.24) is 0 Å². The van der Waals surface area contributed by atoms with Crippen molar-refractivity contribution in [3.05, 3.63) is 53.8 Å². The first kappa shape index (κ1) is 27.7. The number of halogens is 1. The second-order valence-electron chi connectivity index (χ2n) is 8.74. The van der Waals surface area contributed by atoms with Crippen LogP contribution in [0.2, 0.25) is 0 Å². The predicted octanol–water partition coefficient (Wildman–Crippen LogP) is 8.52. The van der Waals surface area contributed by atoms with Gasteiger partial charge in [0.2, 0.25) is 0 Å². The lowest BCUT2D eigenvalue weighted by molar-refractivity contribution is 0.0734. The molecule has 0 aliphatic carbocycles. The van der Waals surface area contributed by atoms with E-state index in [2.05, 4.69) is 13.8 Å². The van der Waals surface area contributed by atoms with E-state index in [9.17, 15) is 9.18 Å². The largest absolute Gasteiger partial charge is 0.494 e. The highest BCUT2D eigenvalue weighted by Gasteiger charge is 2.13. The zero-order valence-electron chi connectivity index (χ0n) is 21.0. The average Bonchev–Trinajstić information content (AvgIpc) is 2.84. The van der Waals surface area contributed by atoms with Crippen molar-refractivity contribution < 1.29 is 23.4 Å².